The molecule has 0 heterocycles. The third-order valence-electron chi connectivity index (χ3n) is 2.01. The first-order chi connectivity index (χ1) is 7.99. The Kier molecular flexibility index (Phi) is 5.50. The Balaban J connectivity index is 2.61. The quantitative estimate of drug-likeness (QED) is 0.631. The number of thioether (sulfide) groups is 1. The molecule has 0 radical (unpaired) electrons. The van der Waals surface area contributed by atoms with Crippen molar-refractivity contribution in [2.75, 3.05) is 32.1 Å². The van der Waals surface area contributed by atoms with E-state index in [1.54, 1.807) is 30.0 Å². The van der Waals surface area contributed by atoms with Crippen molar-refractivity contribution in [1.82, 2.24) is 4.90 Å². The molecule has 0 saturated heterocycles. The third-order valence-corrected chi connectivity index (χ3v) is 2.98. The molecule has 17 heavy (non-hydrogen) atoms. The van der Waals surface area contributed by atoms with Gasteiger partial charge in [-0.15, -0.1) is 11.8 Å². The molecule has 0 spiro atoms. The minimum atomic E-state index is -2.85. The molecule has 1 aromatic carbocycles. The van der Waals surface area contributed by atoms with Gasteiger partial charge >= 0.3 is 6.61 Å². The van der Waals surface area contributed by atoms with Gasteiger partial charge in [0.15, 0.2) is 0 Å². The molecule has 6 heteroatoms. The summed E-state index contributed by atoms with van der Waals surface area (Å²) in [6.45, 7) is -1.93. The van der Waals surface area contributed by atoms with Crippen molar-refractivity contribution < 1.29 is 13.5 Å². The lowest BCUT2D eigenvalue weighted by atomic mass is 10.3. The number of nitrogens with zero attached hydrogens (tertiary/aromatic N) is 1. The van der Waals surface area contributed by atoms with Crippen molar-refractivity contribution in [2.45, 2.75) is 11.5 Å². The molecule has 0 aromatic heterocycles. The summed E-state index contributed by atoms with van der Waals surface area (Å²) in [5.41, 5.74) is 5.76. The number of anilines is 1. The molecular weight excluding hydrogens is 246 g/mol. The second-order valence-corrected chi connectivity index (χ2v) is 4.90. The molecule has 0 aliphatic heterocycles. The molecule has 1 aromatic rings. The van der Waals surface area contributed by atoms with E-state index in [-0.39, 0.29) is 11.4 Å². The molecule has 0 fully saturated rings. The minimum absolute atomic E-state index is 0.0369. The molecule has 0 saturated carbocycles. The summed E-state index contributed by atoms with van der Waals surface area (Å²) in [6, 6.07) is 4.92. The second-order valence-electron chi connectivity index (χ2n) is 3.73. The maximum Gasteiger partial charge on any atom is 0.387 e. The van der Waals surface area contributed by atoms with Crippen molar-refractivity contribution in [3.8, 4) is 5.75 Å². The molecule has 0 aliphatic rings. The number of hydrogen-bond acceptors (Lipinski definition) is 4. The Bertz CT molecular complexity index is 361. The lowest BCUT2D eigenvalue weighted by Gasteiger charge is -2.11. The van der Waals surface area contributed by atoms with Crippen LogP contribution in [0.15, 0.2) is 23.1 Å². The van der Waals surface area contributed by atoms with Crippen LogP contribution in [0.3, 0.4) is 0 Å². The summed E-state index contributed by atoms with van der Waals surface area (Å²) in [7, 11) is 3.96. The van der Waals surface area contributed by atoms with E-state index in [0.717, 1.165) is 17.2 Å². The Labute approximate surface area is 104 Å². The molecule has 0 aliphatic carbocycles. The second kappa shape index (κ2) is 6.66. The van der Waals surface area contributed by atoms with E-state index in [1.807, 2.05) is 14.1 Å². The highest BCUT2D eigenvalue weighted by molar-refractivity contribution is 7.99. The van der Waals surface area contributed by atoms with Crippen LogP contribution in [0.4, 0.5) is 14.5 Å². The van der Waals surface area contributed by atoms with Crippen LogP contribution in [0.25, 0.3) is 0 Å². The maximum absolute atomic E-state index is 12.1. The number of rotatable bonds is 6. The van der Waals surface area contributed by atoms with Crippen LogP contribution in [0.1, 0.15) is 0 Å². The zero-order valence-electron chi connectivity index (χ0n) is 9.82. The third kappa shape index (κ3) is 5.23. The van der Waals surface area contributed by atoms with Crippen molar-refractivity contribution in [3.63, 3.8) is 0 Å². The van der Waals surface area contributed by atoms with Crippen molar-refractivity contribution in [2.24, 2.45) is 0 Å². The fourth-order valence-electron chi connectivity index (χ4n) is 1.15. The molecule has 96 valence electrons. The first kappa shape index (κ1) is 14.1. The zero-order valence-corrected chi connectivity index (χ0v) is 10.6. The largest absolute Gasteiger partial charge is 0.433 e. The van der Waals surface area contributed by atoms with E-state index >= 15 is 0 Å². The summed E-state index contributed by atoms with van der Waals surface area (Å²) in [5.74, 6) is 0.917. The van der Waals surface area contributed by atoms with E-state index in [9.17, 15) is 8.78 Å². The predicted molar refractivity (Wildman–Crippen MR) is 66.8 cm³/mol. The van der Waals surface area contributed by atoms with Crippen LogP contribution in [0.5, 0.6) is 5.75 Å². The maximum atomic E-state index is 12.1. The average molecular weight is 262 g/mol. The van der Waals surface area contributed by atoms with E-state index < -0.39 is 6.61 Å². The standard InChI is InChI=1S/C11H16F2N2OS/c1-15(2)5-6-17-8-3-4-9(14)10(7-8)16-11(12)13/h3-4,7,11H,5-6,14H2,1-2H3. The summed E-state index contributed by atoms with van der Waals surface area (Å²) in [6.07, 6.45) is 0. The highest BCUT2D eigenvalue weighted by Crippen LogP contribution is 2.29. The van der Waals surface area contributed by atoms with Gasteiger partial charge in [0, 0.05) is 17.2 Å². The number of nitrogen functional groups attached to an aromatic ring is 1. The van der Waals surface area contributed by atoms with Gasteiger partial charge in [-0.25, -0.2) is 0 Å². The Hall–Kier alpha value is -1.01. The summed E-state index contributed by atoms with van der Waals surface area (Å²) in [4.78, 5) is 2.93. The van der Waals surface area contributed by atoms with Gasteiger partial charge in [-0.1, -0.05) is 0 Å². The SMILES string of the molecule is CN(C)CCSc1ccc(N)c(OC(F)F)c1. The van der Waals surface area contributed by atoms with Gasteiger partial charge in [0.25, 0.3) is 0 Å². The van der Waals surface area contributed by atoms with E-state index in [1.165, 1.54) is 0 Å². The van der Waals surface area contributed by atoms with Gasteiger partial charge in [-0.2, -0.15) is 8.78 Å². The number of benzene rings is 1. The molecule has 2 N–H and O–H groups in total. The van der Waals surface area contributed by atoms with Crippen LogP contribution in [0, 0.1) is 0 Å². The molecule has 0 unspecified atom stereocenters. The minimum Gasteiger partial charge on any atom is -0.433 e. The van der Waals surface area contributed by atoms with Crippen LogP contribution < -0.4 is 10.5 Å². The normalized spacial score (nSPS) is 11.2. The fourth-order valence-corrected chi connectivity index (χ4v) is 2.20. The van der Waals surface area contributed by atoms with Crippen LogP contribution in [-0.2, 0) is 0 Å². The highest BCUT2D eigenvalue weighted by Gasteiger charge is 2.08. The topological polar surface area (TPSA) is 38.5 Å². The smallest absolute Gasteiger partial charge is 0.387 e. The van der Waals surface area contributed by atoms with E-state index in [4.69, 9.17) is 5.73 Å². The molecule has 0 atom stereocenters. The number of ether oxygens (including phenoxy) is 1. The lowest BCUT2D eigenvalue weighted by molar-refractivity contribution is -0.0494. The van der Waals surface area contributed by atoms with E-state index in [0.29, 0.717) is 0 Å². The van der Waals surface area contributed by atoms with Gasteiger partial charge in [0.2, 0.25) is 0 Å². The highest BCUT2D eigenvalue weighted by atomic mass is 32.2. The number of hydrogen-bond donors (Lipinski definition) is 1. The van der Waals surface area contributed by atoms with E-state index in [2.05, 4.69) is 9.64 Å². The molecule has 1 rings (SSSR count). The van der Waals surface area contributed by atoms with Gasteiger partial charge in [0.05, 0.1) is 5.69 Å². The lowest BCUT2D eigenvalue weighted by Crippen LogP contribution is -2.14. The molecular formula is C11H16F2N2OS. The molecule has 3 nitrogen and oxygen atoms in total. The Morgan fingerprint density at radius 2 is 2.12 bits per heavy atom. The molecule has 0 bridgehead atoms. The van der Waals surface area contributed by atoms with Crippen molar-refractivity contribution >= 4 is 17.4 Å². The molecule has 0 amide bonds. The van der Waals surface area contributed by atoms with Crippen LogP contribution >= 0.6 is 11.8 Å². The summed E-state index contributed by atoms with van der Waals surface area (Å²) >= 11 is 1.58. The van der Waals surface area contributed by atoms with Crippen molar-refractivity contribution in [3.05, 3.63) is 18.2 Å². The monoisotopic (exact) mass is 262 g/mol. The van der Waals surface area contributed by atoms with Gasteiger partial charge in [0.1, 0.15) is 5.75 Å². The zero-order chi connectivity index (χ0) is 12.8. The van der Waals surface area contributed by atoms with Gasteiger partial charge in [-0.05, 0) is 32.3 Å². The van der Waals surface area contributed by atoms with Gasteiger partial charge < -0.3 is 15.4 Å². The number of alkyl halides is 2. The first-order valence-electron chi connectivity index (χ1n) is 5.11. The number of halogens is 2. The predicted octanol–water partition coefficient (Wildman–Crippen LogP) is 2.52. The van der Waals surface area contributed by atoms with Gasteiger partial charge in [-0.3, -0.25) is 0 Å². The Morgan fingerprint density at radius 1 is 1.41 bits per heavy atom. The average Bonchev–Trinajstić information content (AvgIpc) is 2.21. The number of nitrogens with two attached hydrogens (primary N) is 1. The summed E-state index contributed by atoms with van der Waals surface area (Å²) in [5, 5.41) is 0. The van der Waals surface area contributed by atoms with Crippen molar-refractivity contribution in [1.29, 1.82) is 0 Å². The first-order valence-corrected chi connectivity index (χ1v) is 6.09. The van der Waals surface area contributed by atoms with Crippen LogP contribution in [-0.4, -0.2) is 37.9 Å². The Morgan fingerprint density at radius 3 is 2.71 bits per heavy atom. The van der Waals surface area contributed by atoms with Crippen LogP contribution in [0.2, 0.25) is 0 Å². The fraction of sp³-hybridized carbons (Fsp3) is 0.455. The summed E-state index contributed by atoms with van der Waals surface area (Å²) < 4.78 is 28.5.